The first-order valence-electron chi connectivity index (χ1n) is 8.04. The highest BCUT2D eigenvalue weighted by molar-refractivity contribution is 7.22. The van der Waals surface area contributed by atoms with Crippen LogP contribution in [0.15, 0.2) is 24.5 Å². The number of aromatic nitrogens is 3. The fourth-order valence-electron chi connectivity index (χ4n) is 2.91. The van der Waals surface area contributed by atoms with Crippen LogP contribution in [0.1, 0.15) is 18.5 Å². The van der Waals surface area contributed by atoms with Gasteiger partial charge in [0.25, 0.3) is 0 Å². The van der Waals surface area contributed by atoms with Gasteiger partial charge in [-0.25, -0.2) is 18.7 Å². The van der Waals surface area contributed by atoms with E-state index in [1.807, 2.05) is 6.92 Å². The molecule has 0 atom stereocenters. The summed E-state index contributed by atoms with van der Waals surface area (Å²) in [5, 5.41) is 0.716. The van der Waals surface area contributed by atoms with Crippen molar-refractivity contribution in [2.45, 2.75) is 25.9 Å². The summed E-state index contributed by atoms with van der Waals surface area (Å²) in [6.45, 7) is 3.36. The first-order valence-corrected chi connectivity index (χ1v) is 8.86. The number of fused-ring (bicyclic) bond motifs is 1. The van der Waals surface area contributed by atoms with Crippen LogP contribution >= 0.6 is 11.3 Å². The molecule has 0 radical (unpaired) electrons. The average molecular weight is 362 g/mol. The Morgan fingerprint density at radius 2 is 1.96 bits per heavy atom. The van der Waals surface area contributed by atoms with E-state index in [4.69, 9.17) is 4.74 Å². The topological polar surface area (TPSA) is 51.1 Å². The maximum Gasteiger partial charge on any atom is 0.232 e. The van der Waals surface area contributed by atoms with Crippen molar-refractivity contribution in [2.75, 3.05) is 18.0 Å². The minimum absolute atomic E-state index is 0.0657. The Morgan fingerprint density at radius 3 is 2.72 bits per heavy atom. The molecule has 130 valence electrons. The minimum Gasteiger partial charge on any atom is -0.473 e. The van der Waals surface area contributed by atoms with E-state index in [9.17, 15) is 8.78 Å². The molecule has 5 nitrogen and oxygen atoms in total. The predicted molar refractivity (Wildman–Crippen MR) is 92.2 cm³/mol. The number of thiazole rings is 1. The zero-order valence-corrected chi connectivity index (χ0v) is 14.4. The van der Waals surface area contributed by atoms with E-state index >= 15 is 0 Å². The van der Waals surface area contributed by atoms with Crippen molar-refractivity contribution in [1.29, 1.82) is 0 Å². The van der Waals surface area contributed by atoms with Crippen LogP contribution in [0, 0.1) is 18.6 Å². The molecule has 1 saturated heterocycles. The summed E-state index contributed by atoms with van der Waals surface area (Å²) >= 11 is 1.31. The highest BCUT2D eigenvalue weighted by Gasteiger charge is 2.24. The number of anilines is 1. The lowest BCUT2D eigenvalue weighted by atomic mass is 10.1. The summed E-state index contributed by atoms with van der Waals surface area (Å²) in [6.07, 6.45) is 4.98. The number of aryl methyl sites for hydroxylation is 1. The first-order chi connectivity index (χ1) is 12.1. The zero-order valence-electron chi connectivity index (χ0n) is 13.6. The molecule has 8 heteroatoms. The summed E-state index contributed by atoms with van der Waals surface area (Å²) in [7, 11) is 0. The van der Waals surface area contributed by atoms with E-state index in [1.54, 1.807) is 12.4 Å². The molecule has 2 aromatic heterocycles. The van der Waals surface area contributed by atoms with Crippen LogP contribution < -0.4 is 9.64 Å². The van der Waals surface area contributed by atoms with Crippen LogP contribution in [0.25, 0.3) is 10.2 Å². The predicted octanol–water partition coefficient (Wildman–Crippen LogP) is 3.72. The van der Waals surface area contributed by atoms with E-state index in [1.165, 1.54) is 17.4 Å². The molecule has 0 unspecified atom stereocenters. The molecule has 0 spiro atoms. The second-order valence-electron chi connectivity index (χ2n) is 6.03. The number of halogens is 2. The van der Waals surface area contributed by atoms with Crippen molar-refractivity contribution >= 4 is 26.7 Å². The smallest absolute Gasteiger partial charge is 0.232 e. The van der Waals surface area contributed by atoms with Gasteiger partial charge in [-0.2, -0.15) is 0 Å². The van der Waals surface area contributed by atoms with Crippen LogP contribution in [0.3, 0.4) is 0 Å². The van der Waals surface area contributed by atoms with E-state index in [0.717, 1.165) is 37.7 Å². The molecule has 3 heterocycles. The number of hydrogen-bond donors (Lipinski definition) is 0. The molecule has 0 aliphatic carbocycles. The minimum atomic E-state index is -0.617. The molecule has 25 heavy (non-hydrogen) atoms. The van der Waals surface area contributed by atoms with Gasteiger partial charge in [-0.15, -0.1) is 0 Å². The summed E-state index contributed by atoms with van der Waals surface area (Å²) in [5.41, 5.74) is 1.05. The van der Waals surface area contributed by atoms with Gasteiger partial charge < -0.3 is 9.64 Å². The second-order valence-corrected chi connectivity index (χ2v) is 7.04. The van der Waals surface area contributed by atoms with Gasteiger partial charge >= 0.3 is 0 Å². The SMILES string of the molecule is Cc1cncc(OC2CCN(c3nc4c(F)cc(F)cc4s3)CC2)n1. The van der Waals surface area contributed by atoms with Crippen LogP contribution in [-0.2, 0) is 0 Å². The lowest BCUT2D eigenvalue weighted by Crippen LogP contribution is -2.38. The monoisotopic (exact) mass is 362 g/mol. The molecule has 1 aliphatic rings. The zero-order chi connectivity index (χ0) is 17.4. The fourth-order valence-corrected chi connectivity index (χ4v) is 3.97. The molecule has 1 aromatic carbocycles. The summed E-state index contributed by atoms with van der Waals surface area (Å²) in [5.74, 6) is -0.656. The van der Waals surface area contributed by atoms with E-state index in [0.29, 0.717) is 15.7 Å². The normalized spacial score (nSPS) is 15.7. The molecule has 1 aliphatic heterocycles. The Labute approximate surface area is 147 Å². The standard InChI is InChI=1S/C17H16F2N4OS/c1-10-8-20-9-15(21-10)24-12-2-4-23(5-3-12)17-22-16-13(19)6-11(18)7-14(16)25-17/h6-9,12H,2-5H2,1H3. The van der Waals surface area contributed by atoms with E-state index in [2.05, 4.69) is 19.9 Å². The van der Waals surface area contributed by atoms with Gasteiger partial charge in [-0.05, 0) is 13.0 Å². The average Bonchev–Trinajstić information content (AvgIpc) is 3.00. The number of ether oxygens (including phenoxy) is 1. The highest BCUT2D eigenvalue weighted by Crippen LogP contribution is 2.32. The Kier molecular flexibility index (Phi) is 4.20. The maximum absolute atomic E-state index is 13.8. The third-order valence-electron chi connectivity index (χ3n) is 4.13. The van der Waals surface area contributed by atoms with Crippen molar-refractivity contribution in [3.63, 3.8) is 0 Å². The van der Waals surface area contributed by atoms with Crippen molar-refractivity contribution in [3.05, 3.63) is 41.9 Å². The van der Waals surface area contributed by atoms with Gasteiger partial charge in [0, 0.05) is 38.2 Å². The number of hydrogen-bond acceptors (Lipinski definition) is 6. The van der Waals surface area contributed by atoms with Gasteiger partial charge in [-0.1, -0.05) is 11.3 Å². The molecular weight excluding hydrogens is 346 g/mol. The van der Waals surface area contributed by atoms with Crippen molar-refractivity contribution in [2.24, 2.45) is 0 Å². The van der Waals surface area contributed by atoms with Crippen molar-refractivity contribution in [1.82, 2.24) is 15.0 Å². The number of benzene rings is 1. The highest BCUT2D eigenvalue weighted by atomic mass is 32.1. The third kappa shape index (κ3) is 3.39. The molecule has 0 amide bonds. The van der Waals surface area contributed by atoms with Crippen LogP contribution in [0.2, 0.25) is 0 Å². The Bertz CT molecular complexity index is 909. The maximum atomic E-state index is 13.8. The third-order valence-corrected chi connectivity index (χ3v) is 5.20. The Hall–Kier alpha value is -2.35. The van der Waals surface area contributed by atoms with Crippen molar-refractivity contribution in [3.8, 4) is 5.88 Å². The number of nitrogens with zero attached hydrogens (tertiary/aromatic N) is 4. The fraction of sp³-hybridized carbons (Fsp3) is 0.353. The summed E-state index contributed by atoms with van der Waals surface area (Å²) < 4.78 is 33.6. The first kappa shape index (κ1) is 16.1. The van der Waals surface area contributed by atoms with Gasteiger partial charge in [0.2, 0.25) is 5.88 Å². The number of rotatable bonds is 3. The molecule has 0 N–H and O–H groups in total. The summed E-state index contributed by atoms with van der Waals surface area (Å²) in [6, 6.07) is 2.20. The molecule has 1 fully saturated rings. The lowest BCUT2D eigenvalue weighted by molar-refractivity contribution is 0.163. The lowest BCUT2D eigenvalue weighted by Gasteiger charge is -2.31. The van der Waals surface area contributed by atoms with Crippen LogP contribution in [-0.4, -0.2) is 34.1 Å². The largest absolute Gasteiger partial charge is 0.473 e. The van der Waals surface area contributed by atoms with Gasteiger partial charge in [0.1, 0.15) is 17.4 Å². The van der Waals surface area contributed by atoms with Crippen LogP contribution in [0.4, 0.5) is 13.9 Å². The van der Waals surface area contributed by atoms with Crippen molar-refractivity contribution < 1.29 is 13.5 Å². The Morgan fingerprint density at radius 1 is 1.16 bits per heavy atom. The second kappa shape index (κ2) is 6.51. The van der Waals surface area contributed by atoms with Gasteiger partial charge in [0.05, 0.1) is 16.6 Å². The molecule has 4 rings (SSSR count). The molecule has 3 aromatic rings. The quantitative estimate of drug-likeness (QED) is 0.711. The number of piperidine rings is 1. The summed E-state index contributed by atoms with van der Waals surface area (Å²) in [4.78, 5) is 14.8. The van der Waals surface area contributed by atoms with E-state index in [-0.39, 0.29) is 11.6 Å². The van der Waals surface area contributed by atoms with Gasteiger partial charge in [0.15, 0.2) is 10.9 Å². The van der Waals surface area contributed by atoms with Gasteiger partial charge in [-0.3, -0.25) is 4.98 Å². The molecule has 0 bridgehead atoms. The molecular formula is C17H16F2N4OS. The van der Waals surface area contributed by atoms with Crippen LogP contribution in [0.5, 0.6) is 5.88 Å². The Balaban J connectivity index is 1.44. The van der Waals surface area contributed by atoms with E-state index < -0.39 is 11.6 Å². The molecule has 0 saturated carbocycles.